The number of ether oxygens (including phenoxy) is 1. The van der Waals surface area contributed by atoms with Crippen LogP contribution in [-0.4, -0.2) is 54.4 Å². The van der Waals surface area contributed by atoms with Crippen molar-refractivity contribution >= 4 is 12.0 Å². The van der Waals surface area contributed by atoms with Gasteiger partial charge in [0.25, 0.3) is 0 Å². The molecule has 0 bridgehead atoms. The third-order valence-corrected chi connectivity index (χ3v) is 4.19. The fourth-order valence-corrected chi connectivity index (χ4v) is 2.98. The van der Waals surface area contributed by atoms with Crippen molar-refractivity contribution in [1.82, 2.24) is 10.2 Å². The van der Waals surface area contributed by atoms with Gasteiger partial charge in [0.1, 0.15) is 0 Å². The SMILES string of the molecule is CC1CC(CNC(=O)N2CCCC(C(=O)O)C2)CCO1. The summed E-state index contributed by atoms with van der Waals surface area (Å²) in [5.41, 5.74) is 0. The van der Waals surface area contributed by atoms with E-state index in [2.05, 4.69) is 12.2 Å². The minimum Gasteiger partial charge on any atom is -0.481 e. The van der Waals surface area contributed by atoms with Crippen LogP contribution in [0.3, 0.4) is 0 Å². The molecule has 2 fully saturated rings. The van der Waals surface area contributed by atoms with Gasteiger partial charge in [0.2, 0.25) is 0 Å². The van der Waals surface area contributed by atoms with Crippen LogP contribution in [0.2, 0.25) is 0 Å². The number of piperidine rings is 1. The monoisotopic (exact) mass is 284 g/mol. The van der Waals surface area contributed by atoms with E-state index in [1.807, 2.05) is 0 Å². The largest absolute Gasteiger partial charge is 0.481 e. The molecule has 2 aliphatic heterocycles. The van der Waals surface area contributed by atoms with Crippen molar-refractivity contribution in [3.05, 3.63) is 0 Å². The molecule has 2 saturated heterocycles. The van der Waals surface area contributed by atoms with Crippen LogP contribution >= 0.6 is 0 Å². The molecule has 0 aromatic rings. The Kier molecular flexibility index (Phi) is 5.23. The van der Waals surface area contributed by atoms with Crippen molar-refractivity contribution in [1.29, 1.82) is 0 Å². The lowest BCUT2D eigenvalue weighted by atomic mass is 9.96. The molecule has 2 rings (SSSR count). The van der Waals surface area contributed by atoms with Crippen LogP contribution in [0, 0.1) is 11.8 Å². The molecule has 0 radical (unpaired) electrons. The van der Waals surface area contributed by atoms with Crippen molar-refractivity contribution in [2.75, 3.05) is 26.2 Å². The maximum Gasteiger partial charge on any atom is 0.317 e. The van der Waals surface area contributed by atoms with Gasteiger partial charge in [-0.15, -0.1) is 0 Å². The second-order valence-corrected chi connectivity index (χ2v) is 5.88. The predicted molar refractivity (Wildman–Crippen MR) is 73.5 cm³/mol. The first-order valence-corrected chi connectivity index (χ1v) is 7.43. The van der Waals surface area contributed by atoms with Gasteiger partial charge in [-0.3, -0.25) is 4.79 Å². The second kappa shape index (κ2) is 6.92. The van der Waals surface area contributed by atoms with E-state index in [9.17, 15) is 9.59 Å². The minimum atomic E-state index is -0.805. The minimum absolute atomic E-state index is 0.130. The molecular formula is C14H24N2O4. The van der Waals surface area contributed by atoms with Gasteiger partial charge in [0.15, 0.2) is 0 Å². The quantitative estimate of drug-likeness (QED) is 0.819. The topological polar surface area (TPSA) is 78.9 Å². The number of aliphatic carboxylic acids is 1. The van der Waals surface area contributed by atoms with E-state index in [4.69, 9.17) is 9.84 Å². The maximum atomic E-state index is 12.1. The number of carboxylic acid groups (broad SMARTS) is 1. The number of amides is 2. The molecule has 6 heteroatoms. The van der Waals surface area contributed by atoms with E-state index >= 15 is 0 Å². The van der Waals surface area contributed by atoms with Gasteiger partial charge in [-0.2, -0.15) is 0 Å². The van der Waals surface area contributed by atoms with Crippen LogP contribution < -0.4 is 5.32 Å². The second-order valence-electron chi connectivity index (χ2n) is 5.88. The molecular weight excluding hydrogens is 260 g/mol. The number of carboxylic acids is 1. The van der Waals surface area contributed by atoms with Gasteiger partial charge >= 0.3 is 12.0 Å². The molecule has 2 N–H and O–H groups in total. The summed E-state index contributed by atoms with van der Waals surface area (Å²) in [6.07, 6.45) is 3.63. The Morgan fingerprint density at radius 1 is 1.40 bits per heavy atom. The van der Waals surface area contributed by atoms with Gasteiger partial charge in [-0.25, -0.2) is 4.79 Å². The number of hydrogen-bond donors (Lipinski definition) is 2. The highest BCUT2D eigenvalue weighted by molar-refractivity contribution is 5.76. The van der Waals surface area contributed by atoms with Gasteiger partial charge in [0, 0.05) is 26.2 Å². The van der Waals surface area contributed by atoms with Crippen LogP contribution in [-0.2, 0) is 9.53 Å². The van der Waals surface area contributed by atoms with E-state index in [1.54, 1.807) is 4.90 Å². The van der Waals surface area contributed by atoms with E-state index in [0.717, 1.165) is 25.9 Å². The van der Waals surface area contributed by atoms with Crippen molar-refractivity contribution in [2.24, 2.45) is 11.8 Å². The molecule has 0 aromatic heterocycles. The number of nitrogens with one attached hydrogen (secondary N) is 1. The van der Waals surface area contributed by atoms with Crippen molar-refractivity contribution in [3.63, 3.8) is 0 Å². The molecule has 114 valence electrons. The Morgan fingerprint density at radius 3 is 2.90 bits per heavy atom. The van der Waals surface area contributed by atoms with Gasteiger partial charge < -0.3 is 20.1 Å². The third kappa shape index (κ3) is 4.10. The van der Waals surface area contributed by atoms with Crippen molar-refractivity contribution < 1.29 is 19.4 Å². The first kappa shape index (κ1) is 15.1. The van der Waals surface area contributed by atoms with Crippen LogP contribution in [0.4, 0.5) is 4.79 Å². The number of hydrogen-bond acceptors (Lipinski definition) is 3. The van der Waals surface area contributed by atoms with Crippen molar-refractivity contribution in [3.8, 4) is 0 Å². The molecule has 0 aliphatic carbocycles. The Balaban J connectivity index is 1.75. The molecule has 0 spiro atoms. The lowest BCUT2D eigenvalue weighted by molar-refractivity contribution is -0.143. The number of urea groups is 1. The summed E-state index contributed by atoms with van der Waals surface area (Å²) in [6, 6.07) is -0.130. The zero-order valence-electron chi connectivity index (χ0n) is 12.0. The highest BCUT2D eigenvalue weighted by Gasteiger charge is 2.28. The van der Waals surface area contributed by atoms with Crippen LogP contribution in [0.1, 0.15) is 32.6 Å². The average Bonchev–Trinajstić information content (AvgIpc) is 2.45. The van der Waals surface area contributed by atoms with Gasteiger partial charge in [-0.1, -0.05) is 0 Å². The zero-order chi connectivity index (χ0) is 14.5. The number of nitrogens with zero attached hydrogens (tertiary/aromatic N) is 1. The number of rotatable bonds is 3. The summed E-state index contributed by atoms with van der Waals surface area (Å²) >= 11 is 0. The van der Waals surface area contributed by atoms with Crippen LogP contribution in [0.25, 0.3) is 0 Å². The molecule has 3 unspecified atom stereocenters. The molecule has 3 atom stereocenters. The number of likely N-dealkylation sites (tertiary alicyclic amines) is 1. The normalized spacial score (nSPS) is 30.9. The predicted octanol–water partition coefficient (Wildman–Crippen LogP) is 1.31. The van der Waals surface area contributed by atoms with E-state index in [0.29, 0.717) is 32.0 Å². The third-order valence-electron chi connectivity index (χ3n) is 4.19. The fraction of sp³-hybridized carbons (Fsp3) is 0.857. The average molecular weight is 284 g/mol. The maximum absolute atomic E-state index is 12.1. The highest BCUT2D eigenvalue weighted by Crippen LogP contribution is 2.20. The fourth-order valence-electron chi connectivity index (χ4n) is 2.98. The Hall–Kier alpha value is -1.30. The number of carbonyl (C=O) groups excluding carboxylic acids is 1. The molecule has 20 heavy (non-hydrogen) atoms. The highest BCUT2D eigenvalue weighted by atomic mass is 16.5. The summed E-state index contributed by atoms with van der Waals surface area (Å²) in [4.78, 5) is 24.7. The smallest absolute Gasteiger partial charge is 0.317 e. The van der Waals surface area contributed by atoms with E-state index in [-0.39, 0.29) is 12.1 Å². The summed E-state index contributed by atoms with van der Waals surface area (Å²) in [5, 5.41) is 12.0. The van der Waals surface area contributed by atoms with Crippen molar-refractivity contribution in [2.45, 2.75) is 38.7 Å². The van der Waals surface area contributed by atoms with Gasteiger partial charge in [-0.05, 0) is 38.5 Å². The molecule has 0 saturated carbocycles. The summed E-state index contributed by atoms with van der Waals surface area (Å²) in [7, 11) is 0. The molecule has 2 amide bonds. The lowest BCUT2D eigenvalue weighted by Gasteiger charge is -2.32. The van der Waals surface area contributed by atoms with Crippen LogP contribution in [0.5, 0.6) is 0 Å². The molecule has 2 heterocycles. The molecule has 0 aromatic carbocycles. The molecule has 6 nitrogen and oxygen atoms in total. The van der Waals surface area contributed by atoms with Gasteiger partial charge in [0.05, 0.1) is 12.0 Å². The van der Waals surface area contributed by atoms with E-state index < -0.39 is 11.9 Å². The van der Waals surface area contributed by atoms with E-state index in [1.165, 1.54) is 0 Å². The zero-order valence-corrected chi connectivity index (χ0v) is 12.0. The van der Waals surface area contributed by atoms with Crippen LogP contribution in [0.15, 0.2) is 0 Å². The molecule has 2 aliphatic rings. The summed E-state index contributed by atoms with van der Waals surface area (Å²) in [5.74, 6) is -0.763. The Morgan fingerprint density at radius 2 is 2.20 bits per heavy atom. The lowest BCUT2D eigenvalue weighted by Crippen LogP contribution is -2.48. The standard InChI is InChI=1S/C14H24N2O4/c1-10-7-11(4-6-20-10)8-15-14(19)16-5-2-3-12(9-16)13(17)18/h10-12H,2-9H2,1H3,(H,15,19)(H,17,18). The first-order valence-electron chi connectivity index (χ1n) is 7.43. The first-order chi connectivity index (χ1) is 9.56. The Labute approximate surface area is 119 Å². The Bertz CT molecular complexity index is 361. The summed E-state index contributed by atoms with van der Waals surface area (Å²) < 4.78 is 5.48. The number of carbonyl (C=O) groups is 2. The summed E-state index contributed by atoms with van der Waals surface area (Å²) in [6.45, 7) is 4.44.